The monoisotopic (exact) mass is 208 g/mol. The molecule has 0 spiro atoms. The molecule has 1 fully saturated rings. The topological polar surface area (TPSA) is 26.3 Å². The molecule has 1 saturated carbocycles. The molecule has 2 unspecified atom stereocenters. The van der Waals surface area contributed by atoms with E-state index >= 15 is 0 Å². The van der Waals surface area contributed by atoms with Gasteiger partial charge >= 0.3 is 5.97 Å². The van der Waals surface area contributed by atoms with Gasteiger partial charge in [0.2, 0.25) is 0 Å². The van der Waals surface area contributed by atoms with Crippen LogP contribution in [0.4, 0.5) is 0 Å². The predicted octanol–water partition coefficient (Wildman–Crippen LogP) is 3.07. The summed E-state index contributed by atoms with van der Waals surface area (Å²) >= 11 is 0. The van der Waals surface area contributed by atoms with Crippen LogP contribution in [0.25, 0.3) is 0 Å². The highest BCUT2D eigenvalue weighted by Crippen LogP contribution is 2.32. The Bertz CT molecular complexity index is 276. The molecule has 0 amide bonds. The van der Waals surface area contributed by atoms with Gasteiger partial charge in [-0.3, -0.25) is 4.79 Å². The van der Waals surface area contributed by atoms with Crippen LogP contribution in [0.5, 0.6) is 0 Å². The van der Waals surface area contributed by atoms with E-state index in [2.05, 4.69) is 13.0 Å². The summed E-state index contributed by atoms with van der Waals surface area (Å²) in [5, 5.41) is 0. The lowest BCUT2D eigenvalue weighted by atomic mass is 9.89. The van der Waals surface area contributed by atoms with E-state index in [0.717, 1.165) is 31.6 Å². The Labute approximate surface area is 91.7 Å². The van der Waals surface area contributed by atoms with Crippen LogP contribution in [0.3, 0.4) is 0 Å². The summed E-state index contributed by atoms with van der Waals surface area (Å²) in [7, 11) is 0. The summed E-state index contributed by atoms with van der Waals surface area (Å²) in [5.41, 5.74) is 1.32. The SMILES string of the molecule is CC1CC=C(C(C)OC(=O)C2CC2)CC1. The van der Waals surface area contributed by atoms with Crippen molar-refractivity contribution in [3.05, 3.63) is 11.6 Å². The fourth-order valence-corrected chi connectivity index (χ4v) is 2.02. The number of carbonyl (C=O) groups is 1. The second-order valence-corrected chi connectivity index (χ2v) is 5.01. The van der Waals surface area contributed by atoms with Crippen molar-refractivity contribution in [3.63, 3.8) is 0 Å². The van der Waals surface area contributed by atoms with Crippen LogP contribution in [-0.4, -0.2) is 12.1 Å². The van der Waals surface area contributed by atoms with Crippen molar-refractivity contribution in [2.75, 3.05) is 0 Å². The van der Waals surface area contributed by atoms with Gasteiger partial charge < -0.3 is 4.74 Å². The Balaban J connectivity index is 1.84. The van der Waals surface area contributed by atoms with Gasteiger partial charge in [-0.2, -0.15) is 0 Å². The minimum Gasteiger partial charge on any atom is -0.458 e. The van der Waals surface area contributed by atoms with Crippen molar-refractivity contribution < 1.29 is 9.53 Å². The molecular formula is C13H20O2. The fourth-order valence-electron chi connectivity index (χ4n) is 2.02. The molecule has 0 saturated heterocycles. The van der Waals surface area contributed by atoms with Crippen LogP contribution in [0.15, 0.2) is 11.6 Å². The van der Waals surface area contributed by atoms with Crippen molar-refractivity contribution in [2.24, 2.45) is 11.8 Å². The van der Waals surface area contributed by atoms with Crippen LogP contribution >= 0.6 is 0 Å². The van der Waals surface area contributed by atoms with Crippen LogP contribution in [-0.2, 0) is 9.53 Å². The quantitative estimate of drug-likeness (QED) is 0.526. The van der Waals surface area contributed by atoms with Gasteiger partial charge in [0.15, 0.2) is 0 Å². The average molecular weight is 208 g/mol. The second-order valence-electron chi connectivity index (χ2n) is 5.01. The lowest BCUT2D eigenvalue weighted by Crippen LogP contribution is -2.20. The molecule has 0 aliphatic heterocycles. The number of esters is 1. The maximum atomic E-state index is 11.5. The molecule has 2 rings (SSSR count). The summed E-state index contributed by atoms with van der Waals surface area (Å²) in [6, 6.07) is 0. The fraction of sp³-hybridized carbons (Fsp3) is 0.769. The van der Waals surface area contributed by atoms with Crippen molar-refractivity contribution in [1.29, 1.82) is 0 Å². The van der Waals surface area contributed by atoms with E-state index in [4.69, 9.17) is 4.74 Å². The third kappa shape index (κ3) is 2.83. The minimum atomic E-state index is 0.00519. The highest BCUT2D eigenvalue weighted by Gasteiger charge is 2.32. The van der Waals surface area contributed by atoms with Gasteiger partial charge in [0, 0.05) is 0 Å². The summed E-state index contributed by atoms with van der Waals surface area (Å²) < 4.78 is 5.44. The largest absolute Gasteiger partial charge is 0.458 e. The molecule has 2 heteroatoms. The van der Waals surface area contributed by atoms with Gasteiger partial charge in [0.05, 0.1) is 5.92 Å². The molecule has 0 bridgehead atoms. The average Bonchev–Trinajstić information content (AvgIpc) is 3.01. The van der Waals surface area contributed by atoms with Crippen LogP contribution < -0.4 is 0 Å². The van der Waals surface area contributed by atoms with Gasteiger partial charge in [-0.25, -0.2) is 0 Å². The number of rotatable bonds is 3. The standard InChI is InChI=1S/C13H20O2/c1-9-3-5-11(6-4-9)10(2)15-13(14)12-7-8-12/h5,9-10,12H,3-4,6-8H2,1-2H3. The van der Waals surface area contributed by atoms with Crippen molar-refractivity contribution in [2.45, 2.75) is 52.1 Å². The molecule has 2 aliphatic carbocycles. The Kier molecular flexibility index (Phi) is 3.13. The molecule has 2 nitrogen and oxygen atoms in total. The van der Waals surface area contributed by atoms with Crippen molar-refractivity contribution in [1.82, 2.24) is 0 Å². The summed E-state index contributed by atoms with van der Waals surface area (Å²) in [6.45, 7) is 4.27. The lowest BCUT2D eigenvalue weighted by molar-refractivity contribution is -0.148. The van der Waals surface area contributed by atoms with Gasteiger partial charge in [-0.1, -0.05) is 13.0 Å². The zero-order valence-electron chi connectivity index (χ0n) is 9.66. The summed E-state index contributed by atoms with van der Waals surface area (Å²) in [4.78, 5) is 11.5. The van der Waals surface area contributed by atoms with Crippen molar-refractivity contribution in [3.8, 4) is 0 Å². The highest BCUT2D eigenvalue weighted by molar-refractivity contribution is 5.75. The lowest BCUT2D eigenvalue weighted by Gasteiger charge is -2.23. The summed E-state index contributed by atoms with van der Waals surface area (Å²) in [6.07, 6.45) is 7.80. The molecule has 0 aromatic carbocycles. The molecule has 0 heterocycles. The zero-order chi connectivity index (χ0) is 10.8. The number of allylic oxidation sites excluding steroid dienone is 1. The smallest absolute Gasteiger partial charge is 0.309 e. The number of ether oxygens (including phenoxy) is 1. The Hall–Kier alpha value is -0.790. The molecule has 0 aromatic rings. The molecule has 15 heavy (non-hydrogen) atoms. The Morgan fingerprint density at radius 3 is 2.73 bits per heavy atom. The van der Waals surface area contributed by atoms with E-state index in [-0.39, 0.29) is 18.0 Å². The van der Waals surface area contributed by atoms with Gasteiger partial charge in [0.25, 0.3) is 0 Å². The Morgan fingerprint density at radius 2 is 2.20 bits per heavy atom. The third-order valence-electron chi connectivity index (χ3n) is 3.43. The first-order chi connectivity index (χ1) is 7.16. The van der Waals surface area contributed by atoms with Crippen LogP contribution in [0.1, 0.15) is 46.0 Å². The van der Waals surface area contributed by atoms with Crippen molar-refractivity contribution >= 4 is 5.97 Å². The molecular weight excluding hydrogens is 188 g/mol. The van der Waals surface area contributed by atoms with E-state index in [1.165, 1.54) is 12.0 Å². The van der Waals surface area contributed by atoms with Crippen LogP contribution in [0.2, 0.25) is 0 Å². The minimum absolute atomic E-state index is 0.00519. The van der Waals surface area contributed by atoms with E-state index in [0.29, 0.717) is 0 Å². The molecule has 0 N–H and O–H groups in total. The van der Waals surface area contributed by atoms with E-state index in [9.17, 15) is 4.79 Å². The Morgan fingerprint density at radius 1 is 1.47 bits per heavy atom. The summed E-state index contributed by atoms with van der Waals surface area (Å²) in [5.74, 6) is 1.03. The second kappa shape index (κ2) is 4.38. The highest BCUT2D eigenvalue weighted by atomic mass is 16.5. The number of hydrogen-bond acceptors (Lipinski definition) is 2. The number of carbonyl (C=O) groups excluding carboxylic acids is 1. The molecule has 0 aromatic heterocycles. The number of hydrogen-bond donors (Lipinski definition) is 0. The van der Waals surface area contributed by atoms with Gasteiger partial charge in [0.1, 0.15) is 6.10 Å². The first-order valence-electron chi connectivity index (χ1n) is 6.06. The maximum Gasteiger partial charge on any atom is 0.309 e. The molecule has 2 atom stereocenters. The van der Waals surface area contributed by atoms with Gasteiger partial charge in [-0.05, 0) is 50.5 Å². The van der Waals surface area contributed by atoms with E-state index in [1.54, 1.807) is 0 Å². The van der Waals surface area contributed by atoms with Crippen LogP contribution in [0, 0.1) is 11.8 Å². The first kappa shape index (κ1) is 10.7. The zero-order valence-corrected chi connectivity index (χ0v) is 9.66. The van der Waals surface area contributed by atoms with E-state index < -0.39 is 0 Å². The first-order valence-corrected chi connectivity index (χ1v) is 6.06. The molecule has 0 radical (unpaired) electrons. The predicted molar refractivity (Wildman–Crippen MR) is 59.4 cm³/mol. The maximum absolute atomic E-state index is 11.5. The normalized spacial score (nSPS) is 28.1. The van der Waals surface area contributed by atoms with E-state index in [1.807, 2.05) is 6.92 Å². The molecule has 2 aliphatic rings. The van der Waals surface area contributed by atoms with Gasteiger partial charge in [-0.15, -0.1) is 0 Å². The molecule has 84 valence electrons. The third-order valence-corrected chi connectivity index (χ3v) is 3.43.